The molecule has 1 N–H and O–H groups in total. The van der Waals surface area contributed by atoms with Crippen LogP contribution in [0.3, 0.4) is 0 Å². The summed E-state index contributed by atoms with van der Waals surface area (Å²) in [7, 11) is 0. The van der Waals surface area contributed by atoms with E-state index in [9.17, 15) is 4.79 Å². The second-order valence-electron chi connectivity index (χ2n) is 7.63. The zero-order valence-electron chi connectivity index (χ0n) is 17.0. The van der Waals surface area contributed by atoms with Crippen molar-refractivity contribution in [3.63, 3.8) is 0 Å². The molecule has 0 saturated carbocycles. The van der Waals surface area contributed by atoms with E-state index in [4.69, 9.17) is 4.74 Å². The molecule has 0 saturated heterocycles. The van der Waals surface area contributed by atoms with Gasteiger partial charge >= 0.3 is 0 Å². The van der Waals surface area contributed by atoms with E-state index in [1.807, 2.05) is 95.7 Å². The Labute approximate surface area is 184 Å². The first-order valence-electron chi connectivity index (χ1n) is 10.3. The minimum atomic E-state index is -0.459. The van der Waals surface area contributed by atoms with Crippen molar-refractivity contribution < 1.29 is 9.53 Å². The maximum Gasteiger partial charge on any atom is 0.236 e. The highest BCUT2D eigenvalue weighted by Gasteiger charge is 2.32. The van der Waals surface area contributed by atoms with Gasteiger partial charge in [-0.15, -0.1) is 0 Å². The van der Waals surface area contributed by atoms with Crippen molar-refractivity contribution >= 4 is 17.4 Å². The molecule has 32 heavy (non-hydrogen) atoms. The average molecular weight is 418 g/mol. The zero-order chi connectivity index (χ0) is 21.5. The van der Waals surface area contributed by atoms with Gasteiger partial charge in [-0.3, -0.25) is 9.20 Å². The van der Waals surface area contributed by atoms with Gasteiger partial charge in [-0.2, -0.15) is 0 Å². The first-order chi connectivity index (χ1) is 15.8. The highest BCUT2D eigenvalue weighted by atomic mass is 16.5. The molecule has 1 aliphatic heterocycles. The molecule has 1 aliphatic rings. The second-order valence-corrected chi connectivity index (χ2v) is 7.63. The van der Waals surface area contributed by atoms with Crippen molar-refractivity contribution in [2.75, 3.05) is 5.32 Å². The van der Waals surface area contributed by atoms with Crippen LogP contribution in [0.2, 0.25) is 0 Å². The van der Waals surface area contributed by atoms with Gasteiger partial charge in [-0.05, 0) is 30.3 Å². The van der Waals surface area contributed by atoms with Crippen molar-refractivity contribution in [2.24, 2.45) is 0 Å². The summed E-state index contributed by atoms with van der Waals surface area (Å²) in [5.41, 5.74) is 4.11. The Morgan fingerprint density at radius 3 is 2.41 bits per heavy atom. The molecular formula is C26H18N4O2. The summed E-state index contributed by atoms with van der Waals surface area (Å²) in [6.07, 6.45) is 5.55. The Balaban J connectivity index is 1.34. The number of carbonyl (C=O) groups excluding carboxylic acids is 1. The van der Waals surface area contributed by atoms with Crippen LogP contribution in [0, 0.1) is 0 Å². The SMILES string of the molecule is O=C(Nc1cccc(-c2cn3cccnc3n2)c1)C1c2ccccc2Oc2ccccc21. The van der Waals surface area contributed by atoms with Crippen LogP contribution < -0.4 is 10.1 Å². The van der Waals surface area contributed by atoms with Gasteiger partial charge in [-0.1, -0.05) is 48.5 Å². The Hall–Kier alpha value is -4.45. The molecule has 0 bridgehead atoms. The predicted molar refractivity (Wildman–Crippen MR) is 122 cm³/mol. The van der Waals surface area contributed by atoms with Crippen molar-refractivity contribution in [3.05, 3.63) is 109 Å². The number of imidazole rings is 1. The lowest BCUT2D eigenvalue weighted by Crippen LogP contribution is -2.25. The standard InChI is InChI=1S/C26H18N4O2/c31-25(24-19-9-1-3-11-22(19)32-23-12-4-2-10-20(23)24)28-18-8-5-7-17(15-18)21-16-30-14-6-13-27-26(30)29-21/h1-16,24H,(H,28,31). The first-order valence-corrected chi connectivity index (χ1v) is 10.3. The van der Waals surface area contributed by atoms with Gasteiger partial charge < -0.3 is 10.1 Å². The van der Waals surface area contributed by atoms with Crippen LogP contribution in [0.4, 0.5) is 5.69 Å². The number of rotatable bonds is 3. The summed E-state index contributed by atoms with van der Waals surface area (Å²) in [5.74, 6) is 1.48. The summed E-state index contributed by atoms with van der Waals surface area (Å²) in [6, 6.07) is 24.9. The quantitative estimate of drug-likeness (QED) is 0.433. The lowest BCUT2D eigenvalue weighted by Gasteiger charge is -2.27. The molecule has 5 aromatic rings. The molecule has 0 aliphatic carbocycles. The second kappa shape index (κ2) is 7.35. The van der Waals surface area contributed by atoms with E-state index in [0.29, 0.717) is 23.0 Å². The van der Waals surface area contributed by atoms with E-state index < -0.39 is 5.92 Å². The minimum Gasteiger partial charge on any atom is -0.457 e. The number of benzene rings is 3. The monoisotopic (exact) mass is 418 g/mol. The van der Waals surface area contributed by atoms with Gasteiger partial charge in [0.15, 0.2) is 0 Å². The van der Waals surface area contributed by atoms with E-state index in [0.717, 1.165) is 22.4 Å². The number of hydrogen-bond donors (Lipinski definition) is 1. The molecule has 0 radical (unpaired) electrons. The number of nitrogens with one attached hydrogen (secondary N) is 1. The fraction of sp³-hybridized carbons (Fsp3) is 0.0385. The number of fused-ring (bicyclic) bond motifs is 3. The average Bonchev–Trinajstić information content (AvgIpc) is 3.27. The summed E-state index contributed by atoms with van der Waals surface area (Å²) in [6.45, 7) is 0. The molecule has 2 aromatic heterocycles. The van der Waals surface area contributed by atoms with Crippen LogP contribution in [-0.4, -0.2) is 20.3 Å². The zero-order valence-corrected chi connectivity index (χ0v) is 17.0. The highest BCUT2D eigenvalue weighted by molar-refractivity contribution is 6.00. The van der Waals surface area contributed by atoms with Crippen LogP contribution >= 0.6 is 0 Å². The molecule has 154 valence electrons. The summed E-state index contributed by atoms with van der Waals surface area (Å²) in [5, 5.41) is 3.09. The van der Waals surface area contributed by atoms with Gasteiger partial charge in [0.05, 0.1) is 11.6 Å². The number of hydrogen-bond acceptors (Lipinski definition) is 4. The fourth-order valence-corrected chi connectivity index (χ4v) is 4.13. The molecule has 0 fully saturated rings. The highest BCUT2D eigenvalue weighted by Crippen LogP contribution is 2.44. The third-order valence-electron chi connectivity index (χ3n) is 5.60. The molecule has 6 rings (SSSR count). The van der Waals surface area contributed by atoms with Crippen LogP contribution in [0.1, 0.15) is 17.0 Å². The molecule has 1 amide bonds. The van der Waals surface area contributed by atoms with Crippen molar-refractivity contribution in [1.82, 2.24) is 14.4 Å². The fourth-order valence-electron chi connectivity index (χ4n) is 4.13. The molecular weight excluding hydrogens is 400 g/mol. The van der Waals surface area contributed by atoms with Gasteiger partial charge in [0, 0.05) is 41.0 Å². The maximum absolute atomic E-state index is 13.5. The lowest BCUT2D eigenvalue weighted by molar-refractivity contribution is -0.116. The number of aromatic nitrogens is 3. The Morgan fingerprint density at radius 2 is 1.66 bits per heavy atom. The molecule has 3 heterocycles. The van der Waals surface area contributed by atoms with Crippen molar-refractivity contribution in [2.45, 2.75) is 5.92 Å². The van der Waals surface area contributed by atoms with Gasteiger partial charge in [0.1, 0.15) is 11.5 Å². The molecule has 0 spiro atoms. The number of carbonyl (C=O) groups is 1. The minimum absolute atomic E-state index is 0.109. The Bertz CT molecular complexity index is 1400. The summed E-state index contributed by atoms with van der Waals surface area (Å²) in [4.78, 5) is 22.3. The predicted octanol–water partition coefficient (Wildman–Crippen LogP) is 5.27. The smallest absolute Gasteiger partial charge is 0.236 e. The van der Waals surface area contributed by atoms with Crippen LogP contribution in [-0.2, 0) is 4.79 Å². The lowest BCUT2D eigenvalue weighted by atomic mass is 9.87. The molecule has 0 unspecified atom stereocenters. The van der Waals surface area contributed by atoms with Crippen LogP contribution in [0.15, 0.2) is 97.5 Å². The number of amides is 1. The number of ether oxygens (including phenoxy) is 1. The molecule has 6 nitrogen and oxygen atoms in total. The number of para-hydroxylation sites is 2. The molecule has 3 aromatic carbocycles. The number of anilines is 1. The van der Waals surface area contributed by atoms with Crippen LogP contribution in [0.5, 0.6) is 11.5 Å². The van der Waals surface area contributed by atoms with Crippen molar-refractivity contribution in [1.29, 1.82) is 0 Å². The summed E-state index contributed by atoms with van der Waals surface area (Å²) >= 11 is 0. The first kappa shape index (κ1) is 18.3. The third kappa shape index (κ3) is 3.09. The van der Waals surface area contributed by atoms with Crippen molar-refractivity contribution in [3.8, 4) is 22.8 Å². The molecule has 0 atom stereocenters. The van der Waals surface area contributed by atoms with E-state index in [-0.39, 0.29) is 5.91 Å². The largest absolute Gasteiger partial charge is 0.457 e. The Morgan fingerprint density at radius 1 is 0.906 bits per heavy atom. The number of nitrogens with zero attached hydrogens (tertiary/aromatic N) is 3. The maximum atomic E-state index is 13.5. The van der Waals surface area contributed by atoms with E-state index in [1.165, 1.54) is 0 Å². The normalized spacial score (nSPS) is 12.6. The third-order valence-corrected chi connectivity index (χ3v) is 5.60. The topological polar surface area (TPSA) is 68.5 Å². The van der Waals surface area contributed by atoms with E-state index in [2.05, 4.69) is 15.3 Å². The summed E-state index contributed by atoms with van der Waals surface area (Å²) < 4.78 is 7.89. The van der Waals surface area contributed by atoms with Gasteiger partial charge in [0.25, 0.3) is 0 Å². The van der Waals surface area contributed by atoms with Gasteiger partial charge in [0.2, 0.25) is 11.7 Å². The van der Waals surface area contributed by atoms with E-state index in [1.54, 1.807) is 6.20 Å². The molecule has 6 heteroatoms. The van der Waals surface area contributed by atoms with E-state index >= 15 is 0 Å². The van der Waals surface area contributed by atoms with Gasteiger partial charge in [-0.25, -0.2) is 9.97 Å². The Kier molecular flexibility index (Phi) is 4.21. The van der Waals surface area contributed by atoms with Crippen LogP contribution in [0.25, 0.3) is 17.0 Å².